The number of piperidine rings is 1. The van der Waals surface area contributed by atoms with Gasteiger partial charge in [0.15, 0.2) is 5.82 Å². The van der Waals surface area contributed by atoms with Crippen molar-refractivity contribution in [2.45, 2.75) is 63.8 Å². The Hall–Kier alpha value is -4.31. The lowest BCUT2D eigenvalue weighted by Crippen LogP contribution is -2.52. The number of phenolic OH excluding ortho intramolecular Hbond substituents is 1. The minimum Gasteiger partial charge on any atom is -0.508 e. The van der Waals surface area contributed by atoms with E-state index in [-0.39, 0.29) is 50.8 Å². The first-order valence-corrected chi connectivity index (χ1v) is 19.0. The second-order valence-electron chi connectivity index (χ2n) is 15.0. The third kappa shape index (κ3) is 6.83. The summed E-state index contributed by atoms with van der Waals surface area (Å²) in [7, 11) is 1.45. The molecule has 2 aromatic heterocycles. The van der Waals surface area contributed by atoms with Crippen LogP contribution >= 0.6 is 0 Å². The van der Waals surface area contributed by atoms with Crippen LogP contribution in [0.3, 0.4) is 0 Å². The Morgan fingerprint density at radius 3 is 2.62 bits per heavy atom. The summed E-state index contributed by atoms with van der Waals surface area (Å²) in [5.74, 6) is 2.07. The largest absolute Gasteiger partial charge is 0.508 e. The molecule has 2 atom stereocenters. The second-order valence-corrected chi connectivity index (χ2v) is 15.0. The number of anilines is 1. The molecule has 1 saturated carbocycles. The monoisotopic (exact) mass is 727 g/mol. The zero-order valence-corrected chi connectivity index (χ0v) is 30.3. The number of fused-ring (bicyclic) bond motifs is 3. The Balaban J connectivity index is 1.20. The Morgan fingerprint density at radius 1 is 0.962 bits per heavy atom. The summed E-state index contributed by atoms with van der Waals surface area (Å²) in [5, 5.41) is 11.7. The lowest BCUT2D eigenvalue weighted by Gasteiger charge is -2.46. The number of benzene rings is 2. The molecular weight excluding hydrogens is 680 g/mol. The molecule has 12 heteroatoms. The van der Waals surface area contributed by atoms with Crippen molar-refractivity contribution in [2.24, 2.45) is 11.3 Å². The van der Waals surface area contributed by atoms with Gasteiger partial charge in [-0.3, -0.25) is 4.90 Å². The molecule has 0 amide bonds. The van der Waals surface area contributed by atoms with Gasteiger partial charge in [0.1, 0.15) is 34.0 Å². The molecule has 5 heterocycles. The minimum absolute atomic E-state index is 0.0430. The molecule has 0 radical (unpaired) electrons. The molecule has 10 nitrogen and oxygen atoms in total. The zero-order valence-electron chi connectivity index (χ0n) is 30.3. The summed E-state index contributed by atoms with van der Waals surface area (Å²) in [6.07, 6.45) is 15.5. The molecule has 1 aliphatic carbocycles. The molecule has 3 saturated heterocycles. The van der Waals surface area contributed by atoms with Gasteiger partial charge in [0.2, 0.25) is 5.88 Å². The number of hydrogen-bond acceptors (Lipinski definition) is 10. The number of likely N-dealkylation sites (tertiary alicyclic amines) is 1. The average Bonchev–Trinajstić information content (AvgIpc) is 3.43. The van der Waals surface area contributed by atoms with E-state index in [9.17, 15) is 5.11 Å². The summed E-state index contributed by atoms with van der Waals surface area (Å²) in [5.41, 5.74) is -0.219. The molecule has 4 aromatic rings. The molecule has 280 valence electrons. The fraction of sp³-hybridized carbons (Fsp3) is 0.537. The van der Waals surface area contributed by atoms with Crippen molar-refractivity contribution in [3.05, 3.63) is 41.5 Å². The van der Waals surface area contributed by atoms with Crippen LogP contribution in [0.25, 0.3) is 32.9 Å². The molecular formula is C41H47F2N5O5. The van der Waals surface area contributed by atoms with Gasteiger partial charge in [-0.1, -0.05) is 18.4 Å². The molecule has 3 aliphatic heterocycles. The van der Waals surface area contributed by atoms with Gasteiger partial charge in [0.05, 0.1) is 25.9 Å². The van der Waals surface area contributed by atoms with Gasteiger partial charge in [0, 0.05) is 55.3 Å². The quantitative estimate of drug-likeness (QED) is 0.184. The van der Waals surface area contributed by atoms with Crippen molar-refractivity contribution in [1.82, 2.24) is 19.9 Å². The molecule has 53 heavy (non-hydrogen) atoms. The lowest BCUT2D eigenvalue weighted by molar-refractivity contribution is -0.00679. The SMILES string of the molecule is C#Cc1c(F)ccc2cc(O)cc(-c3nc(OC)c4c(N5CCCOCC5)nc(OC[C@]56CCC[C@H]5N(CCC5CCOCC5)CCC6)nc4c3F)c12. The van der Waals surface area contributed by atoms with Gasteiger partial charge in [-0.05, 0) is 94.0 Å². The fourth-order valence-electron chi connectivity index (χ4n) is 9.31. The van der Waals surface area contributed by atoms with Gasteiger partial charge < -0.3 is 29.0 Å². The number of ether oxygens (including phenoxy) is 4. The molecule has 4 fully saturated rings. The summed E-state index contributed by atoms with van der Waals surface area (Å²) >= 11 is 0. The number of pyridine rings is 1. The van der Waals surface area contributed by atoms with Crippen LogP contribution < -0.4 is 14.4 Å². The standard InChI is InChI=1S/C41H47F2N5O5/c1-3-29-31(42)9-8-27-23-28(49)24-30(33(27)29)36-35(43)37-34(39(44-36)50-2)38(48-16-6-19-51-22-18-48)46-40(45-37)53-25-41-13-4-7-32(41)47(15-5-14-41)17-10-26-11-20-52-21-12-26/h1,8-9,23-24,26,32,49H,4-7,10-22,25H2,2H3/t32-,41-/m1/s1. The lowest BCUT2D eigenvalue weighted by atomic mass is 9.75. The third-order valence-electron chi connectivity index (χ3n) is 12.0. The first-order valence-electron chi connectivity index (χ1n) is 19.0. The fourth-order valence-corrected chi connectivity index (χ4v) is 9.31. The number of phenols is 1. The molecule has 2 aromatic carbocycles. The van der Waals surface area contributed by atoms with Crippen molar-refractivity contribution >= 4 is 27.5 Å². The normalized spacial score (nSPS) is 22.8. The maximum Gasteiger partial charge on any atom is 0.319 e. The van der Waals surface area contributed by atoms with E-state index in [2.05, 4.69) is 15.8 Å². The molecule has 1 N–H and O–H groups in total. The van der Waals surface area contributed by atoms with Crippen molar-refractivity contribution in [3.63, 3.8) is 0 Å². The number of halogens is 2. The third-order valence-corrected chi connectivity index (χ3v) is 12.0. The van der Waals surface area contributed by atoms with Crippen molar-refractivity contribution < 1.29 is 32.8 Å². The van der Waals surface area contributed by atoms with Gasteiger partial charge in [-0.25, -0.2) is 13.8 Å². The smallest absolute Gasteiger partial charge is 0.319 e. The zero-order chi connectivity index (χ0) is 36.5. The highest BCUT2D eigenvalue weighted by atomic mass is 19.1. The van der Waals surface area contributed by atoms with Crippen molar-refractivity contribution in [1.29, 1.82) is 0 Å². The molecule has 0 unspecified atom stereocenters. The summed E-state index contributed by atoms with van der Waals surface area (Å²) in [6.45, 7) is 6.55. The molecule has 8 rings (SSSR count). The van der Waals surface area contributed by atoms with E-state index < -0.39 is 11.6 Å². The van der Waals surface area contributed by atoms with Crippen LogP contribution in [0.1, 0.15) is 63.4 Å². The van der Waals surface area contributed by atoms with Crippen LogP contribution in [-0.2, 0) is 9.47 Å². The molecule has 0 spiro atoms. The van der Waals surface area contributed by atoms with Gasteiger partial charge in [0.25, 0.3) is 0 Å². The Labute approximate surface area is 308 Å². The van der Waals surface area contributed by atoms with Crippen LogP contribution in [0, 0.1) is 35.3 Å². The predicted molar refractivity (Wildman–Crippen MR) is 199 cm³/mol. The maximum absolute atomic E-state index is 17.2. The summed E-state index contributed by atoms with van der Waals surface area (Å²) in [6, 6.07) is 6.00. The highest BCUT2D eigenvalue weighted by Gasteiger charge is 2.48. The molecule has 4 aliphatic rings. The topological polar surface area (TPSA) is 102 Å². The molecule has 0 bridgehead atoms. The van der Waals surface area contributed by atoms with E-state index in [1.807, 2.05) is 4.90 Å². The van der Waals surface area contributed by atoms with E-state index >= 15 is 8.78 Å². The maximum atomic E-state index is 17.2. The van der Waals surface area contributed by atoms with E-state index in [0.29, 0.717) is 61.5 Å². The van der Waals surface area contributed by atoms with Crippen LogP contribution in [0.15, 0.2) is 24.3 Å². The predicted octanol–water partition coefficient (Wildman–Crippen LogP) is 6.88. The van der Waals surface area contributed by atoms with Gasteiger partial charge in [-0.2, -0.15) is 9.97 Å². The van der Waals surface area contributed by atoms with Crippen molar-refractivity contribution in [2.75, 3.05) is 71.2 Å². The van der Waals surface area contributed by atoms with Gasteiger partial charge in [-0.15, -0.1) is 6.42 Å². The Kier molecular flexibility index (Phi) is 10.2. The van der Waals surface area contributed by atoms with Crippen molar-refractivity contribution in [3.8, 4) is 41.2 Å². The van der Waals surface area contributed by atoms with E-state index in [1.165, 1.54) is 37.8 Å². The van der Waals surface area contributed by atoms with Crippen LogP contribution in [0.5, 0.6) is 17.6 Å². The number of terminal acetylenes is 1. The summed E-state index contributed by atoms with van der Waals surface area (Å²) < 4.78 is 56.0. The number of hydrogen-bond donors (Lipinski definition) is 1. The number of nitrogens with zero attached hydrogens (tertiary/aromatic N) is 5. The van der Waals surface area contributed by atoms with Crippen LogP contribution in [-0.4, -0.2) is 97.3 Å². The number of methoxy groups -OCH3 is 1. The van der Waals surface area contributed by atoms with Crippen LogP contribution in [0.4, 0.5) is 14.6 Å². The van der Waals surface area contributed by atoms with E-state index in [1.54, 1.807) is 0 Å². The van der Waals surface area contributed by atoms with E-state index in [4.69, 9.17) is 35.3 Å². The van der Waals surface area contributed by atoms with E-state index in [0.717, 1.165) is 77.7 Å². The minimum atomic E-state index is -0.784. The first kappa shape index (κ1) is 35.7. The number of rotatable bonds is 9. The number of aromatic nitrogens is 3. The second kappa shape index (κ2) is 15.2. The van der Waals surface area contributed by atoms with Crippen LogP contribution in [0.2, 0.25) is 0 Å². The summed E-state index contributed by atoms with van der Waals surface area (Å²) in [4.78, 5) is 19.0. The highest BCUT2D eigenvalue weighted by Crippen LogP contribution is 2.49. The van der Waals surface area contributed by atoms with Gasteiger partial charge >= 0.3 is 6.01 Å². The first-order chi connectivity index (χ1) is 25.9. The number of aromatic hydroxyl groups is 1. The Morgan fingerprint density at radius 2 is 1.79 bits per heavy atom. The Bertz CT molecular complexity index is 2030. The average molecular weight is 728 g/mol. The highest BCUT2D eigenvalue weighted by molar-refractivity contribution is 6.04.